The lowest BCUT2D eigenvalue weighted by Gasteiger charge is -2.39. The SMILES string of the molecule is COc1cc([C@@H]2c3cc4c(cc3[C@@H](OC(=O)N(C)CCCN(C)C)[C@H]3COC(=O)[C@H]23)OCO4)cc(OC)c1OC(=O)OCc1ccccc1. The molecule has 6 rings (SSSR count). The van der Waals surface area contributed by atoms with Crippen LogP contribution in [0, 0.1) is 11.8 Å². The molecular weight excluding hydrogens is 636 g/mol. The van der Waals surface area contributed by atoms with Crippen LogP contribution in [0.3, 0.4) is 0 Å². The van der Waals surface area contributed by atoms with Gasteiger partial charge in [0.1, 0.15) is 12.7 Å². The minimum Gasteiger partial charge on any atom is -0.493 e. The van der Waals surface area contributed by atoms with Crippen LogP contribution in [-0.2, 0) is 25.6 Å². The van der Waals surface area contributed by atoms with Crippen molar-refractivity contribution in [2.45, 2.75) is 25.0 Å². The molecule has 0 unspecified atom stereocenters. The fourth-order valence-electron chi connectivity index (χ4n) is 6.59. The van der Waals surface area contributed by atoms with Crippen LogP contribution in [0.25, 0.3) is 0 Å². The smallest absolute Gasteiger partial charge is 0.493 e. The first-order chi connectivity index (χ1) is 23.7. The summed E-state index contributed by atoms with van der Waals surface area (Å²) < 4.78 is 45.5. The Bertz CT molecular complexity index is 1670. The normalized spacial score (nSPS) is 20.2. The summed E-state index contributed by atoms with van der Waals surface area (Å²) in [5.74, 6) is -0.877. The van der Waals surface area contributed by atoms with Crippen molar-refractivity contribution in [2.24, 2.45) is 11.8 Å². The molecule has 0 aromatic heterocycles. The van der Waals surface area contributed by atoms with Gasteiger partial charge in [-0.1, -0.05) is 30.3 Å². The summed E-state index contributed by atoms with van der Waals surface area (Å²) in [5, 5.41) is 0. The molecule has 13 nitrogen and oxygen atoms in total. The van der Waals surface area contributed by atoms with E-state index in [2.05, 4.69) is 0 Å². The highest BCUT2D eigenvalue weighted by Crippen LogP contribution is 2.56. The van der Waals surface area contributed by atoms with E-state index >= 15 is 0 Å². The Morgan fingerprint density at radius 3 is 2.20 bits per heavy atom. The topological polar surface area (TPSA) is 132 Å². The molecule has 1 saturated heterocycles. The van der Waals surface area contributed by atoms with Crippen LogP contribution in [0.15, 0.2) is 54.6 Å². The van der Waals surface area contributed by atoms with E-state index < -0.39 is 42.1 Å². The zero-order chi connectivity index (χ0) is 34.7. The predicted molar refractivity (Wildman–Crippen MR) is 174 cm³/mol. The van der Waals surface area contributed by atoms with E-state index in [9.17, 15) is 14.4 Å². The number of hydrogen-bond acceptors (Lipinski definition) is 12. The maximum absolute atomic E-state index is 13.5. The van der Waals surface area contributed by atoms with Gasteiger partial charge in [-0.05, 0) is 68.0 Å². The maximum Gasteiger partial charge on any atom is 0.514 e. The van der Waals surface area contributed by atoms with Gasteiger partial charge >= 0.3 is 18.2 Å². The number of amides is 1. The van der Waals surface area contributed by atoms with Crippen molar-refractivity contribution in [2.75, 3.05) is 61.9 Å². The van der Waals surface area contributed by atoms with E-state index in [0.29, 0.717) is 34.7 Å². The summed E-state index contributed by atoms with van der Waals surface area (Å²) in [6.45, 7) is 1.41. The maximum atomic E-state index is 13.5. The molecule has 0 saturated carbocycles. The Kier molecular flexibility index (Phi) is 10.00. The standard InChI is InChI=1S/C36H40N2O11/c1-37(2)12-9-13-38(3)35(40)48-32-24-17-27-26(46-20-47-27)16-23(24)30(31-25(32)19-44-34(31)39)22-14-28(42-4)33(29(15-22)43-5)49-36(41)45-18-21-10-7-6-8-11-21/h6-8,10-11,14-17,25,30-32H,9,12-13,18-20H2,1-5H3/t25-,30+,31-,32+/m0/s1. The Morgan fingerprint density at radius 2 is 1.55 bits per heavy atom. The van der Waals surface area contributed by atoms with Crippen molar-refractivity contribution in [3.05, 3.63) is 76.9 Å². The van der Waals surface area contributed by atoms with Gasteiger partial charge in [0.2, 0.25) is 12.5 Å². The number of methoxy groups -OCH3 is 2. The number of fused-ring (bicyclic) bond motifs is 3. The van der Waals surface area contributed by atoms with Crippen molar-refractivity contribution in [3.8, 4) is 28.7 Å². The quantitative estimate of drug-likeness (QED) is 0.151. The third kappa shape index (κ3) is 7.02. The highest BCUT2D eigenvalue weighted by Gasteiger charge is 2.54. The number of hydrogen-bond donors (Lipinski definition) is 0. The minimum atomic E-state index is -0.945. The first kappa shape index (κ1) is 33.7. The van der Waals surface area contributed by atoms with Gasteiger partial charge in [0.25, 0.3) is 0 Å². The predicted octanol–water partition coefficient (Wildman–Crippen LogP) is 5.14. The molecule has 13 heteroatoms. The zero-order valence-corrected chi connectivity index (χ0v) is 28.1. The summed E-state index contributed by atoms with van der Waals surface area (Å²) in [6.07, 6.45) is -1.48. The molecule has 2 heterocycles. The molecule has 0 spiro atoms. The van der Waals surface area contributed by atoms with E-state index in [0.717, 1.165) is 18.5 Å². The fourth-order valence-corrected chi connectivity index (χ4v) is 6.59. The molecule has 2 aliphatic heterocycles. The third-order valence-electron chi connectivity index (χ3n) is 8.98. The van der Waals surface area contributed by atoms with Gasteiger partial charge in [0.05, 0.1) is 26.7 Å². The molecule has 4 atom stereocenters. The van der Waals surface area contributed by atoms with Crippen molar-refractivity contribution in [1.29, 1.82) is 0 Å². The molecular formula is C36H40N2O11. The Balaban J connectivity index is 1.35. The van der Waals surface area contributed by atoms with E-state index in [-0.39, 0.29) is 37.3 Å². The molecule has 0 N–H and O–H groups in total. The first-order valence-electron chi connectivity index (χ1n) is 16.0. The van der Waals surface area contributed by atoms with Crippen LogP contribution in [-0.4, -0.2) is 89.9 Å². The molecule has 3 aliphatic rings. The Labute approximate surface area is 284 Å². The first-order valence-corrected chi connectivity index (χ1v) is 16.0. The van der Waals surface area contributed by atoms with Gasteiger partial charge in [-0.2, -0.15) is 0 Å². The van der Waals surface area contributed by atoms with E-state index in [1.165, 1.54) is 19.1 Å². The molecule has 3 aromatic rings. The van der Waals surface area contributed by atoms with E-state index in [4.69, 9.17) is 37.9 Å². The van der Waals surface area contributed by atoms with Crippen LogP contribution >= 0.6 is 0 Å². The average Bonchev–Trinajstić information content (AvgIpc) is 3.72. The van der Waals surface area contributed by atoms with Crippen molar-refractivity contribution < 1.29 is 52.3 Å². The lowest BCUT2D eigenvalue weighted by Crippen LogP contribution is -2.39. The molecule has 0 radical (unpaired) electrons. The van der Waals surface area contributed by atoms with E-state index in [1.54, 1.807) is 19.2 Å². The monoisotopic (exact) mass is 676 g/mol. The summed E-state index contributed by atoms with van der Waals surface area (Å²) in [7, 11) is 8.51. The van der Waals surface area contributed by atoms with Crippen molar-refractivity contribution in [1.82, 2.24) is 9.80 Å². The number of benzene rings is 3. The van der Waals surface area contributed by atoms with Crippen LogP contribution in [0.2, 0.25) is 0 Å². The largest absolute Gasteiger partial charge is 0.514 e. The molecule has 49 heavy (non-hydrogen) atoms. The Hall–Kier alpha value is -5.17. The number of rotatable bonds is 11. The summed E-state index contributed by atoms with van der Waals surface area (Å²) >= 11 is 0. The second kappa shape index (κ2) is 14.5. The van der Waals surface area contributed by atoms with Gasteiger partial charge in [-0.3, -0.25) is 4.79 Å². The van der Waals surface area contributed by atoms with Crippen LogP contribution in [0.1, 0.15) is 40.7 Å². The van der Waals surface area contributed by atoms with Crippen LogP contribution in [0.5, 0.6) is 28.7 Å². The molecule has 1 fully saturated rings. The number of carbonyl (C=O) groups excluding carboxylic acids is 3. The number of ether oxygens (including phenoxy) is 8. The number of nitrogens with zero attached hydrogens (tertiary/aromatic N) is 2. The molecule has 260 valence electrons. The van der Waals surface area contributed by atoms with Crippen LogP contribution in [0.4, 0.5) is 9.59 Å². The van der Waals surface area contributed by atoms with Gasteiger partial charge in [-0.25, -0.2) is 9.59 Å². The Morgan fingerprint density at radius 1 is 0.878 bits per heavy atom. The molecule has 1 amide bonds. The second-order valence-corrected chi connectivity index (χ2v) is 12.4. The number of cyclic esters (lactones) is 1. The minimum absolute atomic E-state index is 0.0140. The van der Waals surface area contributed by atoms with E-state index in [1.807, 2.05) is 61.5 Å². The molecule has 1 aliphatic carbocycles. The average molecular weight is 677 g/mol. The molecule has 3 aromatic carbocycles. The molecule has 0 bridgehead atoms. The highest BCUT2D eigenvalue weighted by molar-refractivity contribution is 5.79. The fraction of sp³-hybridized carbons (Fsp3) is 0.417. The van der Waals surface area contributed by atoms with Gasteiger partial charge in [0, 0.05) is 31.0 Å². The summed E-state index contributed by atoms with van der Waals surface area (Å²) in [5.41, 5.74) is 2.78. The summed E-state index contributed by atoms with van der Waals surface area (Å²) in [6, 6.07) is 16.2. The van der Waals surface area contributed by atoms with Crippen molar-refractivity contribution >= 4 is 18.2 Å². The number of esters is 1. The summed E-state index contributed by atoms with van der Waals surface area (Å²) in [4.78, 5) is 43.3. The van der Waals surface area contributed by atoms with Crippen LogP contribution < -0.4 is 23.7 Å². The number of carbonyl (C=O) groups is 3. The van der Waals surface area contributed by atoms with Gasteiger partial charge < -0.3 is 47.7 Å². The lowest BCUT2D eigenvalue weighted by atomic mass is 9.66. The van der Waals surface area contributed by atoms with Gasteiger partial charge in [-0.15, -0.1) is 0 Å². The van der Waals surface area contributed by atoms with Crippen molar-refractivity contribution in [3.63, 3.8) is 0 Å². The van der Waals surface area contributed by atoms with Gasteiger partial charge in [0.15, 0.2) is 23.0 Å². The second-order valence-electron chi connectivity index (χ2n) is 12.4. The highest BCUT2D eigenvalue weighted by atomic mass is 16.7. The third-order valence-corrected chi connectivity index (χ3v) is 8.98. The lowest BCUT2D eigenvalue weighted by molar-refractivity contribution is -0.141. The zero-order valence-electron chi connectivity index (χ0n) is 28.1.